The minimum atomic E-state index is 0.0353. The van der Waals surface area contributed by atoms with Gasteiger partial charge in [-0.05, 0) is 63.6 Å². The van der Waals surface area contributed by atoms with Crippen molar-refractivity contribution in [3.8, 4) is 0 Å². The summed E-state index contributed by atoms with van der Waals surface area (Å²) >= 11 is 0. The lowest BCUT2D eigenvalue weighted by Gasteiger charge is -2.34. The summed E-state index contributed by atoms with van der Waals surface area (Å²) in [7, 11) is 0. The Kier molecular flexibility index (Phi) is 4.93. The lowest BCUT2D eigenvalue weighted by Crippen LogP contribution is -2.45. The average molecular weight is 328 g/mol. The number of likely N-dealkylation sites (tertiary alicyclic amines) is 1. The third-order valence-corrected chi connectivity index (χ3v) is 5.32. The molecule has 3 rings (SSSR count). The lowest BCUT2D eigenvalue weighted by molar-refractivity contribution is -0.136. The molecular formula is C20H28N2O2. The Morgan fingerprint density at radius 1 is 1.08 bits per heavy atom. The molecule has 0 spiro atoms. The Hall–Kier alpha value is -1.84. The van der Waals surface area contributed by atoms with Gasteiger partial charge in [-0.1, -0.05) is 12.1 Å². The molecule has 1 heterocycles. The zero-order valence-electron chi connectivity index (χ0n) is 15.0. The second kappa shape index (κ2) is 6.96. The van der Waals surface area contributed by atoms with Crippen LogP contribution in [-0.2, 0) is 9.59 Å². The fraction of sp³-hybridized carbons (Fsp3) is 0.600. The van der Waals surface area contributed by atoms with Crippen LogP contribution in [0.4, 0.5) is 5.69 Å². The van der Waals surface area contributed by atoms with E-state index in [1.165, 1.54) is 5.56 Å². The molecule has 1 aliphatic carbocycles. The average Bonchev–Trinajstić information content (AvgIpc) is 3.43. The van der Waals surface area contributed by atoms with E-state index < -0.39 is 0 Å². The van der Waals surface area contributed by atoms with Crippen LogP contribution in [0.5, 0.6) is 0 Å². The highest BCUT2D eigenvalue weighted by atomic mass is 16.2. The van der Waals surface area contributed by atoms with Crippen LogP contribution in [-0.4, -0.2) is 36.3 Å². The van der Waals surface area contributed by atoms with Crippen molar-refractivity contribution in [1.82, 2.24) is 4.90 Å². The van der Waals surface area contributed by atoms with Gasteiger partial charge in [-0.15, -0.1) is 0 Å². The molecule has 0 aromatic heterocycles. The molecule has 1 aromatic rings. The number of nitrogens with zero attached hydrogens (tertiary/aromatic N) is 2. The maximum Gasteiger partial charge on any atom is 0.230 e. The summed E-state index contributed by atoms with van der Waals surface area (Å²) in [6.07, 6.45) is 3.68. The van der Waals surface area contributed by atoms with E-state index in [9.17, 15) is 9.59 Å². The molecule has 0 atom stereocenters. The van der Waals surface area contributed by atoms with E-state index in [0.29, 0.717) is 12.5 Å². The van der Waals surface area contributed by atoms with Crippen LogP contribution < -0.4 is 4.90 Å². The van der Waals surface area contributed by atoms with Crippen molar-refractivity contribution < 1.29 is 9.59 Å². The van der Waals surface area contributed by atoms with Crippen molar-refractivity contribution in [2.45, 2.75) is 46.5 Å². The molecule has 24 heavy (non-hydrogen) atoms. The molecule has 0 N–H and O–H groups in total. The van der Waals surface area contributed by atoms with Crippen LogP contribution in [0, 0.1) is 25.7 Å². The molecule has 1 saturated heterocycles. The fourth-order valence-corrected chi connectivity index (χ4v) is 3.61. The Bertz CT molecular complexity index is 629. The largest absolute Gasteiger partial charge is 0.342 e. The van der Waals surface area contributed by atoms with Crippen molar-refractivity contribution in [2.24, 2.45) is 11.8 Å². The number of anilines is 1. The Balaban J connectivity index is 1.66. The number of carbonyl (C=O) groups is 2. The molecule has 0 bridgehead atoms. The number of carbonyl (C=O) groups excluding carboxylic acids is 2. The van der Waals surface area contributed by atoms with Gasteiger partial charge in [-0.2, -0.15) is 0 Å². The maximum absolute atomic E-state index is 13.0. The standard InChI is InChI=1S/C20H28N2O2/c1-4-22(18-13-14(2)5-6-15(18)3)20(24)17-9-11-21(12-10-17)19(23)16-7-8-16/h5-6,13,16-17H,4,7-12H2,1-3H3. The van der Waals surface area contributed by atoms with Crippen molar-refractivity contribution in [1.29, 1.82) is 0 Å². The smallest absolute Gasteiger partial charge is 0.230 e. The Morgan fingerprint density at radius 3 is 2.33 bits per heavy atom. The van der Waals surface area contributed by atoms with Gasteiger partial charge in [0.25, 0.3) is 0 Å². The highest BCUT2D eigenvalue weighted by Crippen LogP contribution is 2.33. The Morgan fingerprint density at radius 2 is 1.75 bits per heavy atom. The van der Waals surface area contributed by atoms with Gasteiger partial charge in [-0.25, -0.2) is 0 Å². The van der Waals surface area contributed by atoms with E-state index in [2.05, 4.69) is 32.0 Å². The Labute approximate surface area is 144 Å². The van der Waals surface area contributed by atoms with Crippen molar-refractivity contribution >= 4 is 17.5 Å². The second-order valence-corrected chi connectivity index (χ2v) is 7.25. The van der Waals surface area contributed by atoms with Gasteiger partial charge in [0.2, 0.25) is 11.8 Å². The SMILES string of the molecule is CCN(C(=O)C1CCN(C(=O)C2CC2)CC1)c1cc(C)ccc1C. The first-order valence-corrected chi connectivity index (χ1v) is 9.18. The van der Waals surface area contributed by atoms with E-state index >= 15 is 0 Å². The van der Waals surface area contributed by atoms with Crippen LogP contribution in [0.15, 0.2) is 18.2 Å². The third kappa shape index (κ3) is 3.47. The van der Waals surface area contributed by atoms with Gasteiger partial charge < -0.3 is 9.80 Å². The fourth-order valence-electron chi connectivity index (χ4n) is 3.61. The van der Waals surface area contributed by atoms with Crippen molar-refractivity contribution in [2.75, 3.05) is 24.5 Å². The minimum absolute atomic E-state index is 0.0353. The molecule has 1 aliphatic heterocycles. The van der Waals surface area contributed by atoms with Crippen LogP contribution in [0.1, 0.15) is 43.7 Å². The summed E-state index contributed by atoms with van der Waals surface area (Å²) in [5, 5.41) is 0. The topological polar surface area (TPSA) is 40.6 Å². The molecule has 2 amide bonds. The van der Waals surface area contributed by atoms with Gasteiger partial charge in [0.05, 0.1) is 0 Å². The predicted molar refractivity (Wildman–Crippen MR) is 96.0 cm³/mol. The number of rotatable bonds is 4. The maximum atomic E-state index is 13.0. The first-order valence-electron chi connectivity index (χ1n) is 9.18. The molecule has 4 heteroatoms. The molecule has 0 unspecified atom stereocenters. The van der Waals surface area contributed by atoms with Gasteiger partial charge in [-0.3, -0.25) is 9.59 Å². The second-order valence-electron chi connectivity index (χ2n) is 7.25. The number of amides is 2. The molecular weight excluding hydrogens is 300 g/mol. The van der Waals surface area contributed by atoms with E-state index in [1.54, 1.807) is 0 Å². The van der Waals surface area contributed by atoms with E-state index in [0.717, 1.165) is 50.0 Å². The number of hydrogen-bond acceptors (Lipinski definition) is 2. The van der Waals surface area contributed by atoms with Crippen LogP contribution in [0.25, 0.3) is 0 Å². The van der Waals surface area contributed by atoms with Crippen LogP contribution in [0.2, 0.25) is 0 Å². The third-order valence-electron chi connectivity index (χ3n) is 5.32. The summed E-state index contributed by atoms with van der Waals surface area (Å²) in [5.74, 6) is 0.833. The summed E-state index contributed by atoms with van der Waals surface area (Å²) < 4.78 is 0. The van der Waals surface area contributed by atoms with Crippen LogP contribution >= 0.6 is 0 Å². The molecule has 130 valence electrons. The quantitative estimate of drug-likeness (QED) is 0.851. The summed E-state index contributed by atoms with van der Waals surface area (Å²) in [6.45, 7) is 8.30. The number of piperidine rings is 1. The molecule has 1 aromatic carbocycles. The van der Waals surface area contributed by atoms with Crippen LogP contribution in [0.3, 0.4) is 0 Å². The normalized spacial score (nSPS) is 18.5. The zero-order chi connectivity index (χ0) is 17.3. The van der Waals surface area contributed by atoms with Gasteiger partial charge in [0.1, 0.15) is 0 Å². The van der Waals surface area contributed by atoms with Gasteiger partial charge >= 0.3 is 0 Å². The first-order chi connectivity index (χ1) is 11.5. The number of hydrogen-bond donors (Lipinski definition) is 0. The highest BCUT2D eigenvalue weighted by Gasteiger charge is 2.36. The molecule has 2 aliphatic rings. The summed E-state index contributed by atoms with van der Waals surface area (Å²) in [4.78, 5) is 29.1. The summed E-state index contributed by atoms with van der Waals surface area (Å²) in [5.41, 5.74) is 3.34. The van der Waals surface area contributed by atoms with Gasteiger partial charge in [0.15, 0.2) is 0 Å². The molecule has 1 saturated carbocycles. The number of aryl methyl sites for hydroxylation is 2. The van der Waals surface area contributed by atoms with Gasteiger partial charge in [0, 0.05) is 37.2 Å². The lowest BCUT2D eigenvalue weighted by atomic mass is 9.94. The first kappa shape index (κ1) is 17.0. The monoisotopic (exact) mass is 328 g/mol. The molecule has 0 radical (unpaired) electrons. The van der Waals surface area contributed by atoms with E-state index in [4.69, 9.17) is 0 Å². The van der Waals surface area contributed by atoms with E-state index in [-0.39, 0.29) is 17.7 Å². The molecule has 2 fully saturated rings. The van der Waals surface area contributed by atoms with E-state index in [1.807, 2.05) is 16.7 Å². The van der Waals surface area contributed by atoms with Crippen molar-refractivity contribution in [3.05, 3.63) is 29.3 Å². The highest BCUT2D eigenvalue weighted by molar-refractivity contribution is 5.96. The summed E-state index contributed by atoms with van der Waals surface area (Å²) in [6, 6.07) is 6.26. The minimum Gasteiger partial charge on any atom is -0.342 e. The van der Waals surface area contributed by atoms with Crippen molar-refractivity contribution in [3.63, 3.8) is 0 Å². The number of benzene rings is 1. The molecule has 4 nitrogen and oxygen atoms in total. The zero-order valence-corrected chi connectivity index (χ0v) is 15.0. The predicted octanol–water partition coefficient (Wildman–Crippen LogP) is 3.30.